The van der Waals surface area contributed by atoms with Gasteiger partial charge >= 0.3 is 0 Å². The molecule has 1 amide bonds. The number of non-ortho nitro benzene ring substituents is 1. The van der Waals surface area contributed by atoms with Crippen molar-refractivity contribution in [2.75, 3.05) is 32.7 Å². The van der Waals surface area contributed by atoms with Gasteiger partial charge in [-0.05, 0) is 19.0 Å². The van der Waals surface area contributed by atoms with E-state index in [1.54, 1.807) is 4.90 Å². The molecule has 6 nitrogen and oxygen atoms in total. The average molecular weight is 312 g/mol. The number of halogens is 1. The number of nitro benzene ring substituents is 1. The fourth-order valence-corrected chi connectivity index (χ4v) is 2.71. The van der Waals surface area contributed by atoms with E-state index >= 15 is 0 Å². The lowest BCUT2D eigenvalue weighted by atomic mass is 10.1. The van der Waals surface area contributed by atoms with E-state index in [4.69, 9.17) is 11.6 Å². The number of amides is 1. The van der Waals surface area contributed by atoms with Gasteiger partial charge in [0.15, 0.2) is 0 Å². The van der Waals surface area contributed by atoms with E-state index in [0.717, 1.165) is 26.1 Å². The molecule has 1 aromatic rings. The molecule has 0 saturated carbocycles. The minimum Gasteiger partial charge on any atom is -0.336 e. The van der Waals surface area contributed by atoms with Gasteiger partial charge in [0.1, 0.15) is 0 Å². The standard InChI is InChI=1S/C14H18ClN3O3/c1-2-5-16-6-8-17(9-7-16)14(19)12-4-3-11(18(20)21)10-13(12)15/h3-4,10H,2,5-9H2,1H3. The SMILES string of the molecule is CCCN1CCN(C(=O)c2ccc([N+](=O)[O-])cc2Cl)CC1. The van der Waals surface area contributed by atoms with Crippen LogP contribution in [0.4, 0.5) is 5.69 Å². The third-order valence-electron chi connectivity index (χ3n) is 3.59. The molecular formula is C14H18ClN3O3. The first-order valence-corrected chi connectivity index (χ1v) is 7.36. The molecule has 1 fully saturated rings. The lowest BCUT2D eigenvalue weighted by Gasteiger charge is -2.34. The summed E-state index contributed by atoms with van der Waals surface area (Å²) in [6.45, 7) is 6.20. The topological polar surface area (TPSA) is 66.7 Å². The highest BCUT2D eigenvalue weighted by Crippen LogP contribution is 2.24. The molecule has 1 aliphatic rings. The Hall–Kier alpha value is -1.66. The Balaban J connectivity index is 2.06. The van der Waals surface area contributed by atoms with E-state index in [9.17, 15) is 14.9 Å². The number of carbonyl (C=O) groups is 1. The Bertz CT molecular complexity index is 542. The fourth-order valence-electron chi connectivity index (χ4n) is 2.45. The van der Waals surface area contributed by atoms with Crippen molar-refractivity contribution in [2.24, 2.45) is 0 Å². The largest absolute Gasteiger partial charge is 0.336 e. The van der Waals surface area contributed by atoms with Crippen LogP contribution < -0.4 is 0 Å². The van der Waals surface area contributed by atoms with Crippen molar-refractivity contribution in [3.63, 3.8) is 0 Å². The Morgan fingerprint density at radius 1 is 1.33 bits per heavy atom. The highest BCUT2D eigenvalue weighted by Gasteiger charge is 2.24. The van der Waals surface area contributed by atoms with Gasteiger partial charge in [0, 0.05) is 38.3 Å². The highest BCUT2D eigenvalue weighted by atomic mass is 35.5. The van der Waals surface area contributed by atoms with Crippen molar-refractivity contribution in [3.05, 3.63) is 38.9 Å². The highest BCUT2D eigenvalue weighted by molar-refractivity contribution is 6.34. The summed E-state index contributed by atoms with van der Waals surface area (Å²) in [5, 5.41) is 10.8. The molecule has 0 radical (unpaired) electrons. The molecule has 2 rings (SSSR count). The van der Waals surface area contributed by atoms with E-state index in [1.165, 1.54) is 18.2 Å². The van der Waals surface area contributed by atoms with Crippen molar-refractivity contribution in [1.82, 2.24) is 9.80 Å². The van der Waals surface area contributed by atoms with Gasteiger partial charge in [-0.15, -0.1) is 0 Å². The number of piperazine rings is 1. The maximum absolute atomic E-state index is 12.4. The van der Waals surface area contributed by atoms with Crippen LogP contribution in [0.3, 0.4) is 0 Å². The minimum absolute atomic E-state index is 0.107. The van der Waals surface area contributed by atoms with Crippen molar-refractivity contribution in [1.29, 1.82) is 0 Å². The monoisotopic (exact) mass is 311 g/mol. The lowest BCUT2D eigenvalue weighted by molar-refractivity contribution is -0.384. The Morgan fingerprint density at radius 2 is 2.00 bits per heavy atom. The molecule has 0 aliphatic carbocycles. The van der Waals surface area contributed by atoms with E-state index in [0.29, 0.717) is 18.7 Å². The van der Waals surface area contributed by atoms with Crippen molar-refractivity contribution in [2.45, 2.75) is 13.3 Å². The lowest BCUT2D eigenvalue weighted by Crippen LogP contribution is -2.48. The Kier molecular flexibility index (Phi) is 5.14. The second kappa shape index (κ2) is 6.87. The molecule has 7 heteroatoms. The Morgan fingerprint density at radius 3 is 2.52 bits per heavy atom. The average Bonchev–Trinajstić information content (AvgIpc) is 2.47. The smallest absolute Gasteiger partial charge is 0.270 e. The van der Waals surface area contributed by atoms with Gasteiger partial charge in [0.05, 0.1) is 15.5 Å². The zero-order chi connectivity index (χ0) is 15.4. The molecule has 1 heterocycles. The minimum atomic E-state index is -0.524. The van der Waals surface area contributed by atoms with Crippen LogP contribution in [0.1, 0.15) is 23.7 Å². The van der Waals surface area contributed by atoms with Crippen LogP contribution in [0, 0.1) is 10.1 Å². The van der Waals surface area contributed by atoms with Gasteiger partial charge in [-0.2, -0.15) is 0 Å². The number of rotatable bonds is 4. The zero-order valence-electron chi connectivity index (χ0n) is 11.9. The number of hydrogen-bond donors (Lipinski definition) is 0. The summed E-state index contributed by atoms with van der Waals surface area (Å²) in [7, 11) is 0. The molecule has 0 N–H and O–H groups in total. The van der Waals surface area contributed by atoms with E-state index in [2.05, 4.69) is 11.8 Å². The summed E-state index contributed by atoms with van der Waals surface area (Å²) >= 11 is 6.00. The van der Waals surface area contributed by atoms with E-state index < -0.39 is 4.92 Å². The zero-order valence-corrected chi connectivity index (χ0v) is 12.7. The summed E-state index contributed by atoms with van der Waals surface area (Å²) in [5.41, 5.74) is 0.218. The number of nitrogens with zero attached hydrogens (tertiary/aromatic N) is 3. The number of hydrogen-bond acceptors (Lipinski definition) is 4. The van der Waals surface area contributed by atoms with Crippen LogP contribution in [0.2, 0.25) is 5.02 Å². The van der Waals surface area contributed by atoms with Gasteiger partial charge in [-0.3, -0.25) is 19.8 Å². The number of nitro groups is 1. The van der Waals surface area contributed by atoms with E-state index in [1.807, 2.05) is 0 Å². The van der Waals surface area contributed by atoms with Crippen molar-refractivity contribution in [3.8, 4) is 0 Å². The second-order valence-corrected chi connectivity index (χ2v) is 5.46. The summed E-state index contributed by atoms with van der Waals surface area (Å²) in [6, 6.07) is 3.97. The van der Waals surface area contributed by atoms with Crippen LogP contribution in [-0.4, -0.2) is 53.4 Å². The normalized spacial score (nSPS) is 16.0. The van der Waals surface area contributed by atoms with Crippen molar-refractivity contribution >= 4 is 23.2 Å². The fraction of sp³-hybridized carbons (Fsp3) is 0.500. The molecule has 0 aromatic heterocycles. The van der Waals surface area contributed by atoms with Crippen LogP contribution in [0.5, 0.6) is 0 Å². The van der Waals surface area contributed by atoms with Gasteiger partial charge in [-0.1, -0.05) is 18.5 Å². The molecule has 1 saturated heterocycles. The molecule has 0 bridgehead atoms. The van der Waals surface area contributed by atoms with E-state index in [-0.39, 0.29) is 16.6 Å². The first-order chi connectivity index (χ1) is 10.0. The van der Waals surface area contributed by atoms with Crippen molar-refractivity contribution < 1.29 is 9.72 Å². The predicted molar refractivity (Wildman–Crippen MR) is 80.7 cm³/mol. The molecule has 0 atom stereocenters. The number of benzene rings is 1. The first kappa shape index (κ1) is 15.7. The molecule has 1 aromatic carbocycles. The van der Waals surface area contributed by atoms with Crippen LogP contribution in [0.15, 0.2) is 18.2 Å². The maximum Gasteiger partial charge on any atom is 0.270 e. The predicted octanol–water partition coefficient (Wildman–Crippen LogP) is 2.42. The third-order valence-corrected chi connectivity index (χ3v) is 3.91. The van der Waals surface area contributed by atoms with Gasteiger partial charge in [0.2, 0.25) is 0 Å². The molecule has 1 aliphatic heterocycles. The van der Waals surface area contributed by atoms with Crippen LogP contribution >= 0.6 is 11.6 Å². The first-order valence-electron chi connectivity index (χ1n) is 6.98. The quantitative estimate of drug-likeness (QED) is 0.632. The van der Waals surface area contributed by atoms with Crippen LogP contribution in [0.25, 0.3) is 0 Å². The molecule has 21 heavy (non-hydrogen) atoms. The molecule has 114 valence electrons. The van der Waals surface area contributed by atoms with Gasteiger partial charge in [-0.25, -0.2) is 0 Å². The summed E-state index contributed by atoms with van der Waals surface area (Å²) in [5.74, 6) is -0.161. The number of carbonyl (C=O) groups excluding carboxylic acids is 1. The Labute approximate surface area is 128 Å². The van der Waals surface area contributed by atoms with Gasteiger partial charge in [0.25, 0.3) is 11.6 Å². The summed E-state index contributed by atoms with van der Waals surface area (Å²) < 4.78 is 0. The molecular weight excluding hydrogens is 294 g/mol. The molecule has 0 spiro atoms. The van der Waals surface area contributed by atoms with Crippen LogP contribution in [-0.2, 0) is 0 Å². The maximum atomic E-state index is 12.4. The summed E-state index contributed by atoms with van der Waals surface area (Å²) in [6.07, 6.45) is 1.10. The second-order valence-electron chi connectivity index (χ2n) is 5.06. The van der Waals surface area contributed by atoms with Gasteiger partial charge < -0.3 is 4.90 Å². The molecule has 0 unspecified atom stereocenters. The summed E-state index contributed by atoms with van der Waals surface area (Å²) in [4.78, 5) is 26.6. The third kappa shape index (κ3) is 3.71.